The van der Waals surface area contributed by atoms with Crippen LogP contribution in [0.3, 0.4) is 0 Å². The van der Waals surface area contributed by atoms with Gasteiger partial charge in [-0.2, -0.15) is 0 Å². The van der Waals surface area contributed by atoms with Crippen LogP contribution in [-0.2, 0) is 0 Å². The van der Waals surface area contributed by atoms with Crippen LogP contribution in [0.2, 0.25) is 15.5 Å². The molecule has 4 rings (SSSR count). The van der Waals surface area contributed by atoms with Crippen LogP contribution < -0.4 is 14.9 Å². The molecule has 2 heterocycles. The van der Waals surface area contributed by atoms with Gasteiger partial charge in [0.25, 0.3) is 0 Å². The van der Waals surface area contributed by atoms with Crippen molar-refractivity contribution in [2.45, 2.75) is 0 Å². The first kappa shape index (κ1) is 29.1. The zero-order valence-electron chi connectivity index (χ0n) is 18.7. The average molecular weight is 558 g/mol. The van der Waals surface area contributed by atoms with Gasteiger partial charge in [0.05, 0.1) is 19.9 Å². The lowest BCUT2D eigenvalue weighted by Crippen LogP contribution is -2.31. The van der Waals surface area contributed by atoms with E-state index in [1.54, 1.807) is 12.1 Å². The van der Waals surface area contributed by atoms with Crippen molar-refractivity contribution in [1.29, 1.82) is 0 Å². The molecule has 0 fully saturated rings. The van der Waals surface area contributed by atoms with Crippen molar-refractivity contribution in [3.05, 3.63) is 88.3 Å². The topological polar surface area (TPSA) is 110 Å². The van der Waals surface area contributed by atoms with Crippen LogP contribution in [0.25, 0.3) is 11.3 Å². The van der Waals surface area contributed by atoms with Crippen LogP contribution in [0.5, 0.6) is 11.5 Å². The van der Waals surface area contributed by atoms with Crippen LogP contribution in [-0.4, -0.2) is 51.3 Å². The summed E-state index contributed by atoms with van der Waals surface area (Å²) in [6.45, 7) is 0. The zero-order chi connectivity index (χ0) is 26.7. The monoisotopic (exact) mass is 556 g/mol. The number of aromatic nitrogens is 4. The highest BCUT2D eigenvalue weighted by Gasteiger charge is 2.17. The van der Waals surface area contributed by atoms with E-state index in [2.05, 4.69) is 19.9 Å². The number of hydrogen-bond donors (Lipinski definition) is 2. The van der Waals surface area contributed by atoms with E-state index >= 15 is 0 Å². The summed E-state index contributed by atoms with van der Waals surface area (Å²) in [5.74, 6) is -0.0907. The molecule has 2 N–H and O–H groups in total. The second-order valence-electron chi connectivity index (χ2n) is 6.49. The normalized spacial score (nSPS) is 9.81. The van der Waals surface area contributed by atoms with Gasteiger partial charge in [-0.15, -0.1) is 0 Å². The van der Waals surface area contributed by atoms with E-state index in [0.717, 1.165) is 6.07 Å². The molecule has 2 aromatic heterocycles. The fourth-order valence-electron chi connectivity index (χ4n) is 2.58. The van der Waals surface area contributed by atoms with Crippen molar-refractivity contribution < 1.29 is 28.3 Å². The molecule has 0 spiro atoms. The van der Waals surface area contributed by atoms with Gasteiger partial charge >= 0.3 is 7.12 Å². The number of benzene rings is 2. The Hall–Kier alpha value is -3.09. The molecule has 36 heavy (non-hydrogen) atoms. The minimum absolute atomic E-state index is 0.0255. The Balaban J connectivity index is 0.000000202. The van der Waals surface area contributed by atoms with Gasteiger partial charge in [0, 0.05) is 23.2 Å². The molecule has 0 aliphatic heterocycles. The van der Waals surface area contributed by atoms with Crippen LogP contribution in [0.4, 0.5) is 8.78 Å². The highest BCUT2D eigenvalue weighted by atomic mass is 35.5. The largest absolute Gasteiger partial charge is 0.497 e. The molecule has 0 saturated heterocycles. The lowest BCUT2D eigenvalue weighted by molar-refractivity contribution is 0.402. The second kappa shape index (κ2) is 14.5. The quantitative estimate of drug-likeness (QED) is 0.283. The SMILES string of the molecule is COc1ccc(F)cc1-c1cc(Cl)ncn1.COc1ccc(F)cc1B(O)O.Clc1cc(Cl)ncn1. The molecule has 0 atom stereocenters. The molecule has 0 radical (unpaired) electrons. The van der Waals surface area contributed by atoms with E-state index in [1.165, 1.54) is 57.2 Å². The van der Waals surface area contributed by atoms with Gasteiger partial charge < -0.3 is 19.5 Å². The lowest BCUT2D eigenvalue weighted by Gasteiger charge is -2.07. The maximum absolute atomic E-state index is 13.1. The molecule has 14 heteroatoms. The minimum Gasteiger partial charge on any atom is -0.497 e. The third-order valence-electron chi connectivity index (χ3n) is 4.14. The van der Waals surface area contributed by atoms with Crippen molar-refractivity contribution in [2.75, 3.05) is 14.2 Å². The predicted octanol–water partition coefficient (Wildman–Crippen LogP) is 4.24. The number of ether oxygens (including phenoxy) is 2. The summed E-state index contributed by atoms with van der Waals surface area (Å²) in [4.78, 5) is 15.0. The van der Waals surface area contributed by atoms with Crippen molar-refractivity contribution in [2.24, 2.45) is 0 Å². The van der Waals surface area contributed by atoms with Gasteiger partial charge in [-0.3, -0.25) is 0 Å². The van der Waals surface area contributed by atoms with E-state index in [4.69, 9.17) is 54.3 Å². The lowest BCUT2D eigenvalue weighted by atomic mass is 9.79. The summed E-state index contributed by atoms with van der Waals surface area (Å²) < 4.78 is 35.6. The Bertz CT molecular complexity index is 1270. The molecule has 0 saturated carbocycles. The van der Waals surface area contributed by atoms with Gasteiger partial charge in [-0.1, -0.05) is 34.8 Å². The van der Waals surface area contributed by atoms with E-state index in [1.807, 2.05) is 0 Å². The fraction of sp³-hybridized carbons (Fsp3) is 0.0909. The Morgan fingerprint density at radius 1 is 0.694 bits per heavy atom. The molecule has 2 aromatic carbocycles. The molecular formula is C22H18BCl3F2N4O4. The Labute approximate surface area is 220 Å². The first-order valence-electron chi connectivity index (χ1n) is 9.78. The summed E-state index contributed by atoms with van der Waals surface area (Å²) in [5, 5.41) is 18.6. The summed E-state index contributed by atoms with van der Waals surface area (Å²) in [7, 11) is 1.18. The highest BCUT2D eigenvalue weighted by molar-refractivity contribution is 6.59. The maximum Gasteiger partial charge on any atom is 0.492 e. The standard InChI is InChI=1S/C11H8ClFN2O.C7H8BFO3.C4H2Cl2N2/c1-16-10-3-2-7(13)4-8(10)9-5-11(12)15-6-14-9;1-12-7-3-2-5(9)4-6(7)8(10)11;5-3-1-4(6)8-2-7-3/h2-6H,1H3;2-4,10-11H,1H3;1-2H. The van der Waals surface area contributed by atoms with Crippen molar-refractivity contribution >= 4 is 47.4 Å². The number of methoxy groups -OCH3 is 2. The molecule has 0 aliphatic carbocycles. The predicted molar refractivity (Wildman–Crippen MR) is 134 cm³/mol. The van der Waals surface area contributed by atoms with Gasteiger partial charge in [-0.25, -0.2) is 28.7 Å². The van der Waals surface area contributed by atoms with Gasteiger partial charge in [0.15, 0.2) is 0 Å². The number of halogens is 5. The fourth-order valence-corrected chi connectivity index (χ4v) is 3.08. The summed E-state index contributed by atoms with van der Waals surface area (Å²) in [6.07, 6.45) is 2.63. The molecule has 4 aromatic rings. The van der Waals surface area contributed by atoms with Gasteiger partial charge in [-0.05, 0) is 36.4 Å². The first-order chi connectivity index (χ1) is 17.1. The van der Waals surface area contributed by atoms with E-state index in [0.29, 0.717) is 32.5 Å². The van der Waals surface area contributed by atoms with Gasteiger partial charge in [0.2, 0.25) is 0 Å². The maximum atomic E-state index is 13.1. The van der Waals surface area contributed by atoms with Crippen molar-refractivity contribution in [3.8, 4) is 22.8 Å². The molecule has 8 nitrogen and oxygen atoms in total. The number of rotatable bonds is 4. The van der Waals surface area contributed by atoms with E-state index < -0.39 is 12.9 Å². The molecule has 0 aliphatic rings. The van der Waals surface area contributed by atoms with Crippen LogP contribution in [0.15, 0.2) is 61.2 Å². The molecule has 188 valence electrons. The molecule has 0 unspecified atom stereocenters. The second-order valence-corrected chi connectivity index (χ2v) is 7.66. The van der Waals surface area contributed by atoms with Crippen molar-refractivity contribution in [3.63, 3.8) is 0 Å². The summed E-state index contributed by atoms with van der Waals surface area (Å²) >= 11 is 16.6. The highest BCUT2D eigenvalue weighted by Crippen LogP contribution is 2.29. The van der Waals surface area contributed by atoms with Crippen LogP contribution in [0, 0.1) is 11.6 Å². The third kappa shape index (κ3) is 9.17. The molecule has 0 bridgehead atoms. The Morgan fingerprint density at radius 2 is 1.19 bits per heavy atom. The van der Waals surface area contributed by atoms with Crippen molar-refractivity contribution in [1.82, 2.24) is 19.9 Å². The first-order valence-corrected chi connectivity index (χ1v) is 10.9. The number of hydrogen-bond acceptors (Lipinski definition) is 8. The molecular weight excluding hydrogens is 539 g/mol. The Kier molecular flexibility index (Phi) is 11.7. The smallest absolute Gasteiger partial charge is 0.492 e. The Morgan fingerprint density at radius 3 is 1.67 bits per heavy atom. The number of nitrogens with zero attached hydrogens (tertiary/aromatic N) is 4. The van der Waals surface area contributed by atoms with E-state index in [9.17, 15) is 8.78 Å². The summed E-state index contributed by atoms with van der Waals surface area (Å²) in [6, 6.07) is 10.8. The minimum atomic E-state index is -1.71. The summed E-state index contributed by atoms with van der Waals surface area (Å²) in [5.41, 5.74) is 1.10. The molecule has 0 amide bonds. The van der Waals surface area contributed by atoms with Gasteiger partial charge in [0.1, 0.15) is 51.2 Å². The van der Waals surface area contributed by atoms with Crippen LogP contribution >= 0.6 is 34.8 Å². The van der Waals surface area contributed by atoms with Crippen LogP contribution in [0.1, 0.15) is 0 Å². The zero-order valence-corrected chi connectivity index (χ0v) is 21.0. The third-order valence-corrected chi connectivity index (χ3v) is 4.76. The average Bonchev–Trinajstić information content (AvgIpc) is 2.84. The van der Waals surface area contributed by atoms with E-state index in [-0.39, 0.29) is 17.0 Å².